The first-order valence-corrected chi connectivity index (χ1v) is 11.6. The van der Waals surface area contributed by atoms with Gasteiger partial charge in [0.05, 0.1) is 13.2 Å². The molecule has 0 aliphatic carbocycles. The van der Waals surface area contributed by atoms with Crippen molar-refractivity contribution < 1.29 is 9.16 Å². The van der Waals surface area contributed by atoms with Crippen molar-refractivity contribution in [1.82, 2.24) is 0 Å². The van der Waals surface area contributed by atoms with E-state index in [2.05, 4.69) is 44.7 Å². The topological polar surface area (TPSA) is 18.5 Å². The molecule has 0 amide bonds. The molecule has 134 valence electrons. The second kappa shape index (κ2) is 9.23. The lowest BCUT2D eigenvalue weighted by atomic mass is 10.1. The SMILES string of the molecule is CC[Si](/C=C/c1ccc(Cl)cc1)(CC)OC(C)c1ccc(OC)cc1. The quantitative estimate of drug-likeness (QED) is 0.480. The zero-order chi connectivity index (χ0) is 18.3. The van der Waals surface area contributed by atoms with Gasteiger partial charge in [-0.25, -0.2) is 0 Å². The maximum absolute atomic E-state index is 6.63. The van der Waals surface area contributed by atoms with E-state index in [1.807, 2.05) is 36.4 Å². The van der Waals surface area contributed by atoms with Gasteiger partial charge in [0.15, 0.2) is 0 Å². The Morgan fingerprint density at radius 3 is 2.12 bits per heavy atom. The molecule has 0 spiro atoms. The molecule has 1 atom stereocenters. The van der Waals surface area contributed by atoms with E-state index in [-0.39, 0.29) is 6.10 Å². The molecule has 0 heterocycles. The number of hydrogen-bond donors (Lipinski definition) is 0. The van der Waals surface area contributed by atoms with E-state index in [0.717, 1.165) is 28.4 Å². The van der Waals surface area contributed by atoms with E-state index < -0.39 is 8.32 Å². The van der Waals surface area contributed by atoms with Crippen LogP contribution in [0, 0.1) is 0 Å². The number of halogens is 1. The van der Waals surface area contributed by atoms with Crippen molar-refractivity contribution in [2.24, 2.45) is 0 Å². The van der Waals surface area contributed by atoms with Gasteiger partial charge in [0.1, 0.15) is 5.75 Å². The Morgan fingerprint density at radius 1 is 1.00 bits per heavy atom. The first kappa shape index (κ1) is 19.8. The van der Waals surface area contributed by atoms with Gasteiger partial charge in [-0.2, -0.15) is 0 Å². The van der Waals surface area contributed by atoms with Crippen molar-refractivity contribution in [1.29, 1.82) is 0 Å². The molecule has 4 heteroatoms. The van der Waals surface area contributed by atoms with E-state index in [4.69, 9.17) is 20.8 Å². The maximum atomic E-state index is 6.63. The molecule has 0 saturated carbocycles. The van der Waals surface area contributed by atoms with E-state index in [0.29, 0.717) is 0 Å². The summed E-state index contributed by atoms with van der Waals surface area (Å²) in [4.78, 5) is 0. The van der Waals surface area contributed by atoms with Crippen LogP contribution in [0.15, 0.2) is 54.2 Å². The molecule has 0 radical (unpaired) electrons. The minimum absolute atomic E-state index is 0.0624. The molecule has 2 nitrogen and oxygen atoms in total. The maximum Gasteiger partial charge on any atom is 0.217 e. The molecular formula is C21H27ClO2Si. The summed E-state index contributed by atoms with van der Waals surface area (Å²) in [5.74, 6) is 0.869. The Bertz CT molecular complexity index is 676. The van der Waals surface area contributed by atoms with E-state index >= 15 is 0 Å². The lowest BCUT2D eigenvalue weighted by molar-refractivity contribution is 0.216. The second-order valence-corrected chi connectivity index (χ2v) is 10.7. The molecule has 1 unspecified atom stereocenters. The second-order valence-electron chi connectivity index (χ2n) is 6.19. The molecule has 0 bridgehead atoms. The Balaban J connectivity index is 2.15. The fourth-order valence-corrected chi connectivity index (χ4v) is 5.65. The van der Waals surface area contributed by atoms with Gasteiger partial charge in [0, 0.05) is 5.02 Å². The Labute approximate surface area is 157 Å². The van der Waals surface area contributed by atoms with Crippen LogP contribution in [-0.4, -0.2) is 15.4 Å². The van der Waals surface area contributed by atoms with E-state index in [1.165, 1.54) is 5.56 Å². The van der Waals surface area contributed by atoms with Crippen molar-refractivity contribution in [3.8, 4) is 5.75 Å². The Kier molecular flexibility index (Phi) is 7.30. The predicted octanol–water partition coefficient (Wildman–Crippen LogP) is 6.66. The smallest absolute Gasteiger partial charge is 0.217 e. The van der Waals surface area contributed by atoms with Crippen molar-refractivity contribution in [2.75, 3.05) is 7.11 Å². The molecule has 2 rings (SSSR count). The number of benzene rings is 2. The summed E-state index contributed by atoms with van der Waals surface area (Å²) in [7, 11) is -0.269. The summed E-state index contributed by atoms with van der Waals surface area (Å²) in [5.41, 5.74) is 4.65. The minimum Gasteiger partial charge on any atom is -0.497 e. The fourth-order valence-electron chi connectivity index (χ4n) is 2.81. The molecule has 25 heavy (non-hydrogen) atoms. The first-order valence-electron chi connectivity index (χ1n) is 8.78. The van der Waals surface area contributed by atoms with Crippen molar-refractivity contribution in [3.63, 3.8) is 0 Å². The van der Waals surface area contributed by atoms with Crippen molar-refractivity contribution in [2.45, 2.75) is 39.0 Å². The molecule has 0 N–H and O–H groups in total. The average Bonchev–Trinajstić information content (AvgIpc) is 2.66. The molecule has 2 aromatic rings. The van der Waals surface area contributed by atoms with Gasteiger partial charge in [-0.3, -0.25) is 0 Å². The Morgan fingerprint density at radius 2 is 1.60 bits per heavy atom. The molecule has 0 aliphatic heterocycles. The lowest BCUT2D eigenvalue weighted by Crippen LogP contribution is -2.35. The third-order valence-electron chi connectivity index (χ3n) is 4.64. The third kappa shape index (κ3) is 5.46. The monoisotopic (exact) mass is 374 g/mol. The Hall–Kier alpha value is -1.55. The number of ether oxygens (including phenoxy) is 1. The minimum atomic E-state index is -1.95. The van der Waals surface area contributed by atoms with E-state index in [1.54, 1.807) is 7.11 Å². The van der Waals surface area contributed by atoms with Crippen LogP contribution < -0.4 is 4.74 Å². The van der Waals surface area contributed by atoms with Crippen molar-refractivity contribution in [3.05, 3.63) is 70.4 Å². The third-order valence-corrected chi connectivity index (χ3v) is 8.89. The highest BCUT2D eigenvalue weighted by Gasteiger charge is 2.30. The summed E-state index contributed by atoms with van der Waals surface area (Å²) >= 11 is 5.97. The largest absolute Gasteiger partial charge is 0.497 e. The summed E-state index contributed by atoms with van der Waals surface area (Å²) in [6, 6.07) is 18.1. The standard InChI is InChI=1S/C21H27ClO2Si/c1-5-25(6-2,16-15-18-7-11-20(22)12-8-18)24-17(3)19-9-13-21(23-4)14-10-19/h7-17H,5-6H2,1-4H3/b16-15+. The number of methoxy groups -OCH3 is 1. The van der Waals surface area contributed by atoms with Gasteiger partial charge >= 0.3 is 0 Å². The van der Waals surface area contributed by atoms with Gasteiger partial charge in [0.2, 0.25) is 8.32 Å². The highest BCUT2D eigenvalue weighted by atomic mass is 35.5. The number of hydrogen-bond acceptors (Lipinski definition) is 2. The van der Waals surface area contributed by atoms with E-state index in [9.17, 15) is 0 Å². The fraction of sp³-hybridized carbons (Fsp3) is 0.333. The molecule has 0 aliphatic rings. The molecule has 2 aromatic carbocycles. The van der Waals surface area contributed by atoms with Crippen LogP contribution in [-0.2, 0) is 4.43 Å². The van der Waals surface area contributed by atoms with Gasteiger partial charge < -0.3 is 9.16 Å². The molecule has 0 aromatic heterocycles. The highest BCUT2D eigenvalue weighted by Crippen LogP contribution is 2.29. The lowest BCUT2D eigenvalue weighted by Gasteiger charge is -2.30. The van der Waals surface area contributed by atoms with Gasteiger partial charge in [0.25, 0.3) is 0 Å². The summed E-state index contributed by atoms with van der Waals surface area (Å²) in [6.07, 6.45) is 2.24. The summed E-state index contributed by atoms with van der Waals surface area (Å²) < 4.78 is 11.9. The zero-order valence-corrected chi connectivity index (χ0v) is 17.2. The summed E-state index contributed by atoms with van der Waals surface area (Å²) in [6.45, 7) is 6.58. The van der Waals surface area contributed by atoms with Gasteiger partial charge in [-0.05, 0) is 54.4 Å². The van der Waals surface area contributed by atoms with Crippen LogP contribution in [0.2, 0.25) is 17.1 Å². The van der Waals surface area contributed by atoms with Crippen LogP contribution >= 0.6 is 11.6 Å². The van der Waals surface area contributed by atoms with Crippen molar-refractivity contribution >= 4 is 26.0 Å². The van der Waals surface area contributed by atoms with Crippen LogP contribution in [0.4, 0.5) is 0 Å². The van der Waals surface area contributed by atoms with Gasteiger partial charge in [-0.15, -0.1) is 0 Å². The predicted molar refractivity (Wildman–Crippen MR) is 110 cm³/mol. The molecular weight excluding hydrogens is 348 g/mol. The van der Waals surface area contributed by atoms with Crippen LogP contribution in [0.1, 0.15) is 38.0 Å². The average molecular weight is 375 g/mol. The number of rotatable bonds is 8. The first-order chi connectivity index (χ1) is 12.0. The highest BCUT2D eigenvalue weighted by molar-refractivity contribution is 6.79. The normalized spacial score (nSPS) is 13.2. The van der Waals surface area contributed by atoms with Crippen LogP contribution in [0.25, 0.3) is 6.08 Å². The van der Waals surface area contributed by atoms with Gasteiger partial charge in [-0.1, -0.05) is 61.5 Å². The summed E-state index contributed by atoms with van der Waals surface area (Å²) in [5, 5.41) is 0.760. The van der Waals surface area contributed by atoms with Crippen LogP contribution in [0.3, 0.4) is 0 Å². The molecule has 0 saturated heterocycles. The van der Waals surface area contributed by atoms with Crippen LogP contribution in [0.5, 0.6) is 5.75 Å². The molecule has 0 fully saturated rings. The zero-order valence-electron chi connectivity index (χ0n) is 15.5.